The van der Waals surface area contributed by atoms with Crippen LogP contribution in [0.4, 0.5) is 5.69 Å². The van der Waals surface area contributed by atoms with Gasteiger partial charge in [-0.1, -0.05) is 13.0 Å². The van der Waals surface area contributed by atoms with Crippen LogP contribution in [-0.4, -0.2) is 36.6 Å². The monoisotopic (exact) mass is 280 g/mol. The van der Waals surface area contributed by atoms with Gasteiger partial charge in [0.15, 0.2) is 0 Å². The third kappa shape index (κ3) is 4.44. The Bertz CT molecular complexity index is 420. The Morgan fingerprint density at radius 1 is 1.58 bits per heavy atom. The van der Waals surface area contributed by atoms with E-state index in [0.717, 1.165) is 35.9 Å². The maximum atomic E-state index is 12.1. The molecule has 0 spiro atoms. The van der Waals surface area contributed by atoms with Gasteiger partial charge in [-0.2, -0.15) is 11.8 Å². The molecule has 1 unspecified atom stereocenters. The van der Waals surface area contributed by atoms with Crippen molar-refractivity contribution >= 4 is 23.4 Å². The normalized spacial score (nSPS) is 18.9. The zero-order valence-electron chi connectivity index (χ0n) is 11.1. The van der Waals surface area contributed by atoms with Crippen molar-refractivity contribution in [1.29, 1.82) is 0 Å². The van der Waals surface area contributed by atoms with Crippen LogP contribution in [0.25, 0.3) is 0 Å². The summed E-state index contributed by atoms with van der Waals surface area (Å²) in [6.45, 7) is 3.65. The largest absolute Gasteiger partial charge is 0.494 e. The highest BCUT2D eigenvalue weighted by Gasteiger charge is 2.20. The van der Waals surface area contributed by atoms with Gasteiger partial charge in [-0.15, -0.1) is 0 Å². The fraction of sp³-hybridized carbons (Fsp3) is 0.500. The van der Waals surface area contributed by atoms with Crippen molar-refractivity contribution < 1.29 is 9.53 Å². The first-order chi connectivity index (χ1) is 9.29. The molecule has 0 saturated carbocycles. The molecule has 0 radical (unpaired) electrons. The van der Waals surface area contributed by atoms with Crippen LogP contribution in [0.15, 0.2) is 24.3 Å². The van der Waals surface area contributed by atoms with Crippen LogP contribution >= 0.6 is 11.8 Å². The molecule has 5 heteroatoms. The zero-order chi connectivity index (χ0) is 13.5. The van der Waals surface area contributed by atoms with E-state index in [9.17, 15) is 4.79 Å². The number of hydrogen-bond donors (Lipinski definition) is 2. The second kappa shape index (κ2) is 7.40. The summed E-state index contributed by atoms with van der Waals surface area (Å²) in [7, 11) is 0. The molecule has 2 rings (SSSR count). The topological polar surface area (TPSA) is 50.4 Å². The van der Waals surface area contributed by atoms with Crippen molar-refractivity contribution in [2.45, 2.75) is 19.4 Å². The maximum Gasteiger partial charge on any atom is 0.242 e. The third-order valence-corrected chi connectivity index (χ3v) is 3.87. The highest BCUT2D eigenvalue weighted by atomic mass is 32.2. The summed E-state index contributed by atoms with van der Waals surface area (Å²) in [5.41, 5.74) is 0.788. The number of anilines is 1. The van der Waals surface area contributed by atoms with Gasteiger partial charge in [0, 0.05) is 29.8 Å². The summed E-state index contributed by atoms with van der Waals surface area (Å²) in [4.78, 5) is 12.1. The lowest BCUT2D eigenvalue weighted by molar-refractivity contribution is -0.117. The van der Waals surface area contributed by atoms with E-state index in [-0.39, 0.29) is 11.9 Å². The van der Waals surface area contributed by atoms with Crippen LogP contribution in [0.3, 0.4) is 0 Å². The first-order valence-corrected chi connectivity index (χ1v) is 7.80. The first kappa shape index (κ1) is 14.2. The lowest BCUT2D eigenvalue weighted by Gasteiger charge is -2.22. The number of ether oxygens (including phenoxy) is 1. The molecule has 1 amide bonds. The van der Waals surface area contributed by atoms with Crippen LogP contribution in [0, 0.1) is 0 Å². The molecule has 1 aromatic carbocycles. The Morgan fingerprint density at radius 2 is 2.47 bits per heavy atom. The number of carbonyl (C=O) groups is 1. The van der Waals surface area contributed by atoms with Crippen LogP contribution < -0.4 is 15.4 Å². The van der Waals surface area contributed by atoms with Crippen LogP contribution in [0.2, 0.25) is 0 Å². The van der Waals surface area contributed by atoms with E-state index < -0.39 is 0 Å². The van der Waals surface area contributed by atoms with Gasteiger partial charge in [-0.3, -0.25) is 4.79 Å². The number of benzene rings is 1. The molecular weight excluding hydrogens is 260 g/mol. The Morgan fingerprint density at radius 3 is 3.21 bits per heavy atom. The Labute approximate surface area is 118 Å². The number of nitrogens with one attached hydrogen (secondary N) is 2. The minimum Gasteiger partial charge on any atom is -0.494 e. The molecule has 1 aromatic rings. The Hall–Kier alpha value is -1.20. The first-order valence-electron chi connectivity index (χ1n) is 6.64. The van der Waals surface area contributed by atoms with Crippen molar-refractivity contribution in [2.75, 3.05) is 30.0 Å². The second-order valence-corrected chi connectivity index (χ2v) is 5.60. The van der Waals surface area contributed by atoms with Gasteiger partial charge in [0.05, 0.1) is 12.6 Å². The predicted octanol–water partition coefficient (Wildman–Crippen LogP) is 2.12. The molecule has 1 aliphatic heterocycles. The predicted molar refractivity (Wildman–Crippen MR) is 80.0 cm³/mol. The van der Waals surface area contributed by atoms with Gasteiger partial charge in [-0.05, 0) is 18.6 Å². The minimum absolute atomic E-state index is 0.0276. The molecule has 1 atom stereocenters. The number of rotatable bonds is 5. The van der Waals surface area contributed by atoms with Gasteiger partial charge in [-0.25, -0.2) is 0 Å². The number of amides is 1. The maximum absolute atomic E-state index is 12.1. The van der Waals surface area contributed by atoms with Crippen molar-refractivity contribution in [3.63, 3.8) is 0 Å². The molecule has 1 aliphatic rings. The number of hydrogen-bond acceptors (Lipinski definition) is 4. The minimum atomic E-state index is -0.0982. The van der Waals surface area contributed by atoms with Gasteiger partial charge >= 0.3 is 0 Å². The summed E-state index contributed by atoms with van der Waals surface area (Å²) in [5.74, 6) is 2.73. The highest BCUT2D eigenvalue weighted by molar-refractivity contribution is 7.99. The average Bonchev–Trinajstić information content (AvgIpc) is 2.46. The molecule has 4 nitrogen and oxygen atoms in total. The van der Waals surface area contributed by atoms with Gasteiger partial charge in [0.1, 0.15) is 5.75 Å². The number of thioether (sulfide) groups is 1. The molecule has 1 heterocycles. The standard InChI is InChI=1S/C14H20N2O2S/c1-2-7-18-12-5-3-4-11(9-12)16-14(17)13-10-19-8-6-15-13/h3-5,9,13,15H,2,6-8,10H2,1H3,(H,16,17). The van der Waals surface area contributed by atoms with Gasteiger partial charge < -0.3 is 15.4 Å². The Balaban J connectivity index is 1.92. The highest BCUT2D eigenvalue weighted by Crippen LogP contribution is 2.18. The SMILES string of the molecule is CCCOc1cccc(NC(=O)C2CSCCN2)c1. The molecular formula is C14H20N2O2S. The van der Waals surface area contributed by atoms with E-state index in [2.05, 4.69) is 17.6 Å². The van der Waals surface area contributed by atoms with Crippen molar-refractivity contribution in [3.8, 4) is 5.75 Å². The third-order valence-electron chi connectivity index (χ3n) is 2.81. The van der Waals surface area contributed by atoms with Crippen LogP contribution in [-0.2, 0) is 4.79 Å². The summed E-state index contributed by atoms with van der Waals surface area (Å²) in [6, 6.07) is 7.44. The number of carbonyl (C=O) groups excluding carboxylic acids is 1. The van der Waals surface area contributed by atoms with E-state index in [1.807, 2.05) is 36.0 Å². The average molecular weight is 280 g/mol. The van der Waals surface area contributed by atoms with Crippen molar-refractivity contribution in [1.82, 2.24) is 5.32 Å². The Kier molecular flexibility index (Phi) is 5.54. The van der Waals surface area contributed by atoms with Crippen molar-refractivity contribution in [3.05, 3.63) is 24.3 Å². The molecule has 19 heavy (non-hydrogen) atoms. The summed E-state index contributed by atoms with van der Waals surface area (Å²) >= 11 is 1.81. The van der Waals surface area contributed by atoms with Crippen LogP contribution in [0.1, 0.15) is 13.3 Å². The molecule has 104 valence electrons. The summed E-state index contributed by atoms with van der Waals surface area (Å²) < 4.78 is 5.55. The summed E-state index contributed by atoms with van der Waals surface area (Å²) in [5, 5.41) is 6.16. The van der Waals surface area contributed by atoms with Gasteiger partial charge in [0.2, 0.25) is 5.91 Å². The molecule has 1 fully saturated rings. The van der Waals surface area contributed by atoms with Crippen molar-refractivity contribution in [2.24, 2.45) is 0 Å². The molecule has 0 aromatic heterocycles. The van der Waals surface area contributed by atoms with E-state index in [4.69, 9.17) is 4.74 Å². The smallest absolute Gasteiger partial charge is 0.242 e. The molecule has 0 bridgehead atoms. The van der Waals surface area contributed by atoms with E-state index in [1.165, 1.54) is 0 Å². The molecule has 1 saturated heterocycles. The fourth-order valence-corrected chi connectivity index (χ4v) is 2.78. The van der Waals surface area contributed by atoms with E-state index in [0.29, 0.717) is 6.61 Å². The molecule has 0 aliphatic carbocycles. The van der Waals surface area contributed by atoms with Crippen LogP contribution in [0.5, 0.6) is 5.75 Å². The summed E-state index contributed by atoms with van der Waals surface area (Å²) in [6.07, 6.45) is 0.972. The second-order valence-electron chi connectivity index (χ2n) is 4.45. The van der Waals surface area contributed by atoms with Gasteiger partial charge in [0.25, 0.3) is 0 Å². The lowest BCUT2D eigenvalue weighted by Crippen LogP contribution is -2.46. The lowest BCUT2D eigenvalue weighted by atomic mass is 10.2. The molecule has 2 N–H and O–H groups in total. The zero-order valence-corrected chi connectivity index (χ0v) is 12.0. The van der Waals surface area contributed by atoms with E-state index in [1.54, 1.807) is 0 Å². The van der Waals surface area contributed by atoms with E-state index >= 15 is 0 Å². The quantitative estimate of drug-likeness (QED) is 0.867. The fourth-order valence-electron chi connectivity index (χ4n) is 1.85.